The normalized spacial score (nSPS) is 11.6. The number of benzene rings is 3. The Labute approximate surface area is 219 Å². The van der Waals surface area contributed by atoms with E-state index in [9.17, 15) is 9.59 Å². The van der Waals surface area contributed by atoms with Gasteiger partial charge in [0.25, 0.3) is 0 Å². The molecule has 1 atom stereocenters. The third-order valence-electron chi connectivity index (χ3n) is 5.28. The molecule has 3 aromatic rings. The summed E-state index contributed by atoms with van der Waals surface area (Å²) in [6.45, 7) is 0.295. The monoisotopic (exact) mass is 534 g/mol. The van der Waals surface area contributed by atoms with Crippen molar-refractivity contribution in [1.29, 1.82) is 0 Å². The first kappa shape index (κ1) is 26.4. The van der Waals surface area contributed by atoms with E-state index < -0.39 is 6.04 Å². The molecule has 0 aliphatic heterocycles. The van der Waals surface area contributed by atoms with Gasteiger partial charge in [0.15, 0.2) is 0 Å². The summed E-state index contributed by atoms with van der Waals surface area (Å²) in [5.41, 5.74) is 2.77. The lowest BCUT2D eigenvalue weighted by Crippen LogP contribution is -2.50. The molecular weight excluding hydrogens is 511 g/mol. The molecule has 8 heteroatoms. The number of rotatable bonds is 10. The second-order valence-electron chi connectivity index (χ2n) is 7.70. The van der Waals surface area contributed by atoms with Crippen LogP contribution in [0.2, 0.25) is 15.1 Å². The highest BCUT2D eigenvalue weighted by Gasteiger charge is 2.29. The van der Waals surface area contributed by atoms with Crippen LogP contribution >= 0.6 is 46.6 Å². The van der Waals surface area contributed by atoms with Crippen LogP contribution in [0.15, 0.2) is 72.8 Å². The lowest BCUT2D eigenvalue weighted by atomic mass is 10.0. The highest BCUT2D eigenvalue weighted by atomic mass is 35.5. The number of halogens is 3. The molecule has 4 nitrogen and oxygen atoms in total. The molecule has 178 valence electrons. The van der Waals surface area contributed by atoms with Crippen molar-refractivity contribution in [2.45, 2.75) is 24.8 Å². The van der Waals surface area contributed by atoms with Crippen LogP contribution in [-0.4, -0.2) is 35.6 Å². The maximum Gasteiger partial charge on any atom is 0.242 e. The molecule has 2 amide bonds. The van der Waals surface area contributed by atoms with Gasteiger partial charge in [-0.05, 0) is 41.0 Å². The highest BCUT2D eigenvalue weighted by Crippen LogP contribution is 2.25. The SMILES string of the molecule is CNC(=O)[C@@H](Cc1ccccc1)N(Cc1ccc(Cl)cc1)C(=O)CSCc1ccc(Cl)cc1Cl. The van der Waals surface area contributed by atoms with Gasteiger partial charge in [0.1, 0.15) is 6.04 Å². The smallest absolute Gasteiger partial charge is 0.242 e. The molecule has 34 heavy (non-hydrogen) atoms. The van der Waals surface area contributed by atoms with Crippen LogP contribution in [-0.2, 0) is 28.3 Å². The van der Waals surface area contributed by atoms with Crippen molar-refractivity contribution in [2.75, 3.05) is 12.8 Å². The van der Waals surface area contributed by atoms with Crippen molar-refractivity contribution in [3.05, 3.63) is 105 Å². The minimum Gasteiger partial charge on any atom is -0.357 e. The van der Waals surface area contributed by atoms with Crippen molar-refractivity contribution in [3.63, 3.8) is 0 Å². The van der Waals surface area contributed by atoms with Crippen LogP contribution in [0, 0.1) is 0 Å². The van der Waals surface area contributed by atoms with E-state index >= 15 is 0 Å². The fourth-order valence-corrected chi connectivity index (χ4v) is 5.07. The Hall–Kier alpha value is -2.18. The summed E-state index contributed by atoms with van der Waals surface area (Å²) in [5, 5.41) is 4.47. The van der Waals surface area contributed by atoms with Gasteiger partial charge in [-0.15, -0.1) is 11.8 Å². The van der Waals surface area contributed by atoms with E-state index in [0.717, 1.165) is 16.7 Å². The van der Waals surface area contributed by atoms with Gasteiger partial charge < -0.3 is 10.2 Å². The zero-order valence-corrected chi connectivity index (χ0v) is 21.7. The van der Waals surface area contributed by atoms with E-state index in [4.69, 9.17) is 34.8 Å². The maximum atomic E-state index is 13.4. The molecule has 0 spiro atoms. The van der Waals surface area contributed by atoms with Crippen molar-refractivity contribution < 1.29 is 9.59 Å². The number of likely N-dealkylation sites (N-methyl/N-ethyl adjacent to an activating group) is 1. The standard InChI is InChI=1S/C26H25Cl3N2O2S/c1-30-26(33)24(13-18-5-3-2-4-6-18)31(15-19-7-10-21(27)11-8-19)25(32)17-34-16-20-9-12-22(28)14-23(20)29/h2-12,14,24H,13,15-17H2,1H3,(H,30,33)/t24-/m1/s1. The lowest BCUT2D eigenvalue weighted by Gasteiger charge is -2.31. The molecule has 0 fully saturated rings. The molecule has 3 aromatic carbocycles. The quantitative estimate of drug-likeness (QED) is 0.333. The van der Waals surface area contributed by atoms with E-state index in [-0.39, 0.29) is 17.6 Å². The maximum absolute atomic E-state index is 13.4. The summed E-state index contributed by atoms with van der Waals surface area (Å²) < 4.78 is 0. The summed E-state index contributed by atoms with van der Waals surface area (Å²) in [4.78, 5) is 28.0. The fourth-order valence-electron chi connectivity index (χ4n) is 3.48. The fraction of sp³-hybridized carbons (Fsp3) is 0.231. The summed E-state index contributed by atoms with van der Waals surface area (Å²) in [6.07, 6.45) is 0.410. The molecular formula is C26H25Cl3N2O2S. The van der Waals surface area contributed by atoms with Gasteiger partial charge in [-0.3, -0.25) is 9.59 Å². The number of amides is 2. The molecule has 1 N–H and O–H groups in total. The van der Waals surface area contributed by atoms with Crippen molar-refractivity contribution in [2.24, 2.45) is 0 Å². The summed E-state index contributed by atoms with van der Waals surface area (Å²) in [7, 11) is 1.59. The van der Waals surface area contributed by atoms with Crippen LogP contribution in [0.3, 0.4) is 0 Å². The first-order valence-electron chi connectivity index (χ1n) is 10.7. The number of carbonyl (C=O) groups is 2. The molecule has 0 heterocycles. The Morgan fingerprint density at radius 1 is 0.912 bits per heavy atom. The number of hydrogen-bond donors (Lipinski definition) is 1. The Morgan fingerprint density at radius 2 is 1.59 bits per heavy atom. The zero-order valence-electron chi connectivity index (χ0n) is 18.6. The first-order valence-corrected chi connectivity index (χ1v) is 13.0. The number of carbonyl (C=O) groups excluding carboxylic acids is 2. The summed E-state index contributed by atoms with van der Waals surface area (Å²) in [5.74, 6) is 0.417. The van der Waals surface area contributed by atoms with Crippen LogP contribution in [0.5, 0.6) is 0 Å². The van der Waals surface area contributed by atoms with Crippen molar-refractivity contribution in [3.8, 4) is 0 Å². The second-order valence-corrected chi connectivity index (χ2v) is 9.96. The number of nitrogens with one attached hydrogen (secondary N) is 1. The highest BCUT2D eigenvalue weighted by molar-refractivity contribution is 7.99. The Bertz CT molecular complexity index is 1110. The van der Waals surface area contributed by atoms with E-state index in [1.165, 1.54) is 11.8 Å². The third kappa shape index (κ3) is 7.67. The average molecular weight is 536 g/mol. The van der Waals surface area contributed by atoms with Crippen molar-refractivity contribution >= 4 is 58.4 Å². The van der Waals surface area contributed by atoms with Gasteiger partial charge in [-0.2, -0.15) is 0 Å². The Balaban J connectivity index is 1.80. The Morgan fingerprint density at radius 3 is 2.24 bits per heavy atom. The lowest BCUT2D eigenvalue weighted by molar-refractivity contribution is -0.139. The molecule has 0 aliphatic carbocycles. The van der Waals surface area contributed by atoms with Crippen molar-refractivity contribution in [1.82, 2.24) is 10.2 Å². The number of thioether (sulfide) groups is 1. The molecule has 0 saturated carbocycles. The van der Waals surface area contributed by atoms with Gasteiger partial charge in [0.05, 0.1) is 5.75 Å². The van der Waals surface area contributed by atoms with Gasteiger partial charge in [-0.1, -0.05) is 83.3 Å². The molecule has 0 bridgehead atoms. The first-order chi connectivity index (χ1) is 16.4. The summed E-state index contributed by atoms with van der Waals surface area (Å²) in [6, 6.07) is 21.6. The molecule has 0 radical (unpaired) electrons. The minimum absolute atomic E-state index is 0.130. The van der Waals surface area contributed by atoms with E-state index in [1.54, 1.807) is 36.2 Å². The molecule has 3 rings (SSSR count). The van der Waals surface area contributed by atoms with E-state index in [0.29, 0.717) is 33.8 Å². The van der Waals surface area contributed by atoms with Crippen LogP contribution in [0.25, 0.3) is 0 Å². The van der Waals surface area contributed by atoms with Crippen LogP contribution in [0.4, 0.5) is 0 Å². The molecule has 0 unspecified atom stereocenters. The van der Waals surface area contributed by atoms with Gasteiger partial charge >= 0.3 is 0 Å². The Kier molecular flexibility index (Phi) is 10.1. The topological polar surface area (TPSA) is 49.4 Å². The van der Waals surface area contributed by atoms with Crippen LogP contribution in [0.1, 0.15) is 16.7 Å². The van der Waals surface area contributed by atoms with Gasteiger partial charge in [-0.25, -0.2) is 0 Å². The number of hydrogen-bond acceptors (Lipinski definition) is 3. The average Bonchev–Trinajstić information content (AvgIpc) is 2.84. The predicted octanol–water partition coefficient (Wildman–Crippen LogP) is 6.27. The van der Waals surface area contributed by atoms with E-state index in [2.05, 4.69) is 5.32 Å². The number of nitrogens with zero attached hydrogens (tertiary/aromatic N) is 1. The molecule has 0 aliphatic rings. The second kappa shape index (κ2) is 13.1. The van der Waals surface area contributed by atoms with Gasteiger partial charge in [0, 0.05) is 40.8 Å². The van der Waals surface area contributed by atoms with Crippen LogP contribution < -0.4 is 5.32 Å². The van der Waals surface area contributed by atoms with E-state index in [1.807, 2.05) is 48.5 Å². The minimum atomic E-state index is -0.657. The molecule has 0 aromatic heterocycles. The largest absolute Gasteiger partial charge is 0.357 e. The summed E-state index contributed by atoms with van der Waals surface area (Å²) >= 11 is 19.7. The zero-order chi connectivity index (χ0) is 24.5. The third-order valence-corrected chi connectivity index (χ3v) is 7.09. The molecule has 0 saturated heterocycles. The van der Waals surface area contributed by atoms with Gasteiger partial charge in [0.2, 0.25) is 11.8 Å². The predicted molar refractivity (Wildman–Crippen MR) is 143 cm³/mol.